The number of ether oxygens (including phenoxy) is 1. The number of aryl methyl sites for hydroxylation is 1. The van der Waals surface area contributed by atoms with Crippen molar-refractivity contribution in [1.82, 2.24) is 0 Å². The maximum absolute atomic E-state index is 13.5. The first-order chi connectivity index (χ1) is 6.24. The minimum Gasteiger partial charge on any atom is -0.494 e. The van der Waals surface area contributed by atoms with E-state index in [-0.39, 0.29) is 17.1 Å². The molecule has 0 amide bonds. The van der Waals surface area contributed by atoms with E-state index in [1.54, 1.807) is 12.1 Å². The van der Waals surface area contributed by atoms with E-state index in [4.69, 9.17) is 4.74 Å². The van der Waals surface area contributed by atoms with Gasteiger partial charge >= 0.3 is 0 Å². The quantitative estimate of drug-likeness (QED) is 0.660. The first-order valence-electron chi connectivity index (χ1n) is 4.12. The molecule has 0 saturated heterocycles. The normalized spacial score (nSPS) is 14.5. The third-order valence-corrected chi connectivity index (χ3v) is 2.31. The summed E-state index contributed by atoms with van der Waals surface area (Å²) in [6.07, 6.45) is 1.06. The van der Waals surface area contributed by atoms with Crippen LogP contribution in [0.2, 0.25) is 0 Å². The summed E-state index contributed by atoms with van der Waals surface area (Å²) in [6.45, 7) is 0. The SMILES string of the molecule is COc1ccc2c(c1F)C(=O)CC2. The summed E-state index contributed by atoms with van der Waals surface area (Å²) in [5.74, 6) is -0.483. The van der Waals surface area contributed by atoms with Crippen LogP contribution >= 0.6 is 0 Å². The Hall–Kier alpha value is -1.38. The van der Waals surface area contributed by atoms with Gasteiger partial charge < -0.3 is 4.74 Å². The average molecular weight is 180 g/mol. The van der Waals surface area contributed by atoms with Crippen LogP contribution in [0.5, 0.6) is 5.75 Å². The number of fused-ring (bicyclic) bond motifs is 1. The van der Waals surface area contributed by atoms with Gasteiger partial charge in [-0.25, -0.2) is 4.39 Å². The van der Waals surface area contributed by atoms with Crippen LogP contribution in [0, 0.1) is 5.82 Å². The molecule has 1 aliphatic rings. The summed E-state index contributed by atoms with van der Waals surface area (Å²) in [5.41, 5.74) is 1.02. The zero-order chi connectivity index (χ0) is 9.42. The molecule has 0 aromatic heterocycles. The number of methoxy groups -OCH3 is 1. The highest BCUT2D eigenvalue weighted by Gasteiger charge is 2.25. The van der Waals surface area contributed by atoms with Gasteiger partial charge in [-0.15, -0.1) is 0 Å². The Balaban J connectivity index is 2.63. The van der Waals surface area contributed by atoms with E-state index >= 15 is 0 Å². The molecular formula is C10H9FO2. The van der Waals surface area contributed by atoms with E-state index in [9.17, 15) is 9.18 Å². The molecule has 0 atom stereocenters. The molecular weight excluding hydrogens is 171 g/mol. The third kappa shape index (κ3) is 1.11. The van der Waals surface area contributed by atoms with Crippen LogP contribution in [0.4, 0.5) is 4.39 Å². The Kier molecular flexibility index (Phi) is 1.79. The van der Waals surface area contributed by atoms with Crippen molar-refractivity contribution < 1.29 is 13.9 Å². The van der Waals surface area contributed by atoms with Gasteiger partial charge in [-0.05, 0) is 18.1 Å². The molecule has 0 heterocycles. The highest BCUT2D eigenvalue weighted by atomic mass is 19.1. The number of halogens is 1. The van der Waals surface area contributed by atoms with E-state index < -0.39 is 5.82 Å². The molecule has 3 heteroatoms. The highest BCUT2D eigenvalue weighted by molar-refractivity contribution is 6.01. The molecule has 0 unspecified atom stereocenters. The van der Waals surface area contributed by atoms with Crippen molar-refractivity contribution in [3.63, 3.8) is 0 Å². The first kappa shape index (κ1) is 8.23. The fourth-order valence-corrected chi connectivity index (χ4v) is 1.64. The van der Waals surface area contributed by atoms with Gasteiger partial charge in [0.1, 0.15) is 0 Å². The molecule has 0 radical (unpaired) electrons. The second-order valence-electron chi connectivity index (χ2n) is 3.04. The number of ketones is 1. The predicted octanol–water partition coefficient (Wildman–Crippen LogP) is 1.96. The van der Waals surface area contributed by atoms with Gasteiger partial charge in [0.15, 0.2) is 17.3 Å². The van der Waals surface area contributed by atoms with Crippen LogP contribution in [0.15, 0.2) is 12.1 Å². The minimum atomic E-state index is -0.512. The fraction of sp³-hybridized carbons (Fsp3) is 0.300. The van der Waals surface area contributed by atoms with E-state index in [2.05, 4.69) is 0 Å². The van der Waals surface area contributed by atoms with Crippen molar-refractivity contribution in [2.75, 3.05) is 7.11 Å². The third-order valence-electron chi connectivity index (χ3n) is 2.31. The molecule has 1 aliphatic carbocycles. The molecule has 0 aliphatic heterocycles. The van der Waals surface area contributed by atoms with Gasteiger partial charge in [0.2, 0.25) is 0 Å². The van der Waals surface area contributed by atoms with Gasteiger partial charge in [0.25, 0.3) is 0 Å². The molecule has 68 valence electrons. The molecule has 0 bridgehead atoms. The summed E-state index contributed by atoms with van der Waals surface area (Å²) < 4.78 is 18.3. The van der Waals surface area contributed by atoms with Crippen LogP contribution in [-0.4, -0.2) is 12.9 Å². The summed E-state index contributed by atoms with van der Waals surface area (Å²) in [7, 11) is 1.39. The average Bonchev–Trinajstić information content (AvgIpc) is 2.49. The number of Topliss-reactive ketones (excluding diaryl/α,β-unsaturated/α-hetero) is 1. The van der Waals surface area contributed by atoms with Gasteiger partial charge in [-0.3, -0.25) is 4.79 Å². The largest absolute Gasteiger partial charge is 0.494 e. The number of hydrogen-bond acceptors (Lipinski definition) is 2. The zero-order valence-electron chi connectivity index (χ0n) is 7.26. The Morgan fingerprint density at radius 3 is 2.85 bits per heavy atom. The lowest BCUT2D eigenvalue weighted by atomic mass is 10.1. The van der Waals surface area contributed by atoms with Crippen LogP contribution in [0.25, 0.3) is 0 Å². The van der Waals surface area contributed by atoms with Crippen LogP contribution in [-0.2, 0) is 6.42 Å². The van der Waals surface area contributed by atoms with E-state index in [0.717, 1.165) is 5.56 Å². The van der Waals surface area contributed by atoms with Gasteiger partial charge in [-0.1, -0.05) is 6.07 Å². The van der Waals surface area contributed by atoms with E-state index in [0.29, 0.717) is 12.8 Å². The number of carbonyl (C=O) groups is 1. The molecule has 2 rings (SSSR count). The maximum atomic E-state index is 13.5. The standard InChI is InChI=1S/C10H9FO2/c1-13-8-5-3-6-2-4-7(12)9(6)10(8)11/h3,5H,2,4H2,1H3. The van der Waals surface area contributed by atoms with Crippen LogP contribution in [0.1, 0.15) is 22.3 Å². The van der Waals surface area contributed by atoms with Crippen molar-refractivity contribution in [2.45, 2.75) is 12.8 Å². The lowest BCUT2D eigenvalue weighted by molar-refractivity contribution is 0.0990. The van der Waals surface area contributed by atoms with Gasteiger partial charge in [-0.2, -0.15) is 0 Å². The second-order valence-corrected chi connectivity index (χ2v) is 3.04. The molecule has 0 fully saturated rings. The highest BCUT2D eigenvalue weighted by Crippen LogP contribution is 2.29. The fourth-order valence-electron chi connectivity index (χ4n) is 1.64. The Bertz CT molecular complexity index is 371. The monoisotopic (exact) mass is 180 g/mol. The maximum Gasteiger partial charge on any atom is 0.176 e. The summed E-state index contributed by atoms with van der Waals surface area (Å²) in [5, 5.41) is 0. The topological polar surface area (TPSA) is 26.3 Å². The zero-order valence-corrected chi connectivity index (χ0v) is 7.26. The van der Waals surface area contributed by atoms with Crippen molar-refractivity contribution >= 4 is 5.78 Å². The Labute approximate surface area is 75.3 Å². The lowest BCUT2D eigenvalue weighted by Crippen LogP contribution is -1.99. The van der Waals surface area contributed by atoms with Gasteiger partial charge in [0, 0.05) is 6.42 Å². The molecule has 0 saturated carbocycles. The Morgan fingerprint density at radius 2 is 2.15 bits per heavy atom. The predicted molar refractivity (Wildman–Crippen MR) is 45.6 cm³/mol. The number of benzene rings is 1. The summed E-state index contributed by atoms with van der Waals surface area (Å²) >= 11 is 0. The lowest BCUT2D eigenvalue weighted by Gasteiger charge is -2.04. The van der Waals surface area contributed by atoms with E-state index in [1.807, 2.05) is 0 Å². The van der Waals surface area contributed by atoms with Crippen molar-refractivity contribution in [2.24, 2.45) is 0 Å². The van der Waals surface area contributed by atoms with Crippen LogP contribution in [0.3, 0.4) is 0 Å². The van der Waals surface area contributed by atoms with E-state index in [1.165, 1.54) is 7.11 Å². The Morgan fingerprint density at radius 1 is 1.38 bits per heavy atom. The first-order valence-corrected chi connectivity index (χ1v) is 4.12. The molecule has 0 spiro atoms. The second kappa shape index (κ2) is 2.83. The molecule has 1 aromatic carbocycles. The molecule has 13 heavy (non-hydrogen) atoms. The van der Waals surface area contributed by atoms with Crippen molar-refractivity contribution in [1.29, 1.82) is 0 Å². The van der Waals surface area contributed by atoms with Crippen molar-refractivity contribution in [3.8, 4) is 5.75 Å². The number of carbonyl (C=O) groups excluding carboxylic acids is 1. The molecule has 0 N–H and O–H groups in total. The minimum absolute atomic E-state index is 0.119. The number of rotatable bonds is 1. The molecule has 2 nitrogen and oxygen atoms in total. The summed E-state index contributed by atoms with van der Waals surface area (Å²) in [6, 6.07) is 3.31. The number of hydrogen-bond donors (Lipinski definition) is 0. The summed E-state index contributed by atoms with van der Waals surface area (Å²) in [4.78, 5) is 11.3. The van der Waals surface area contributed by atoms with Gasteiger partial charge in [0.05, 0.1) is 12.7 Å². The van der Waals surface area contributed by atoms with Crippen LogP contribution < -0.4 is 4.74 Å². The molecule has 1 aromatic rings. The van der Waals surface area contributed by atoms with Crippen molar-refractivity contribution in [3.05, 3.63) is 29.1 Å². The smallest absolute Gasteiger partial charge is 0.176 e.